The van der Waals surface area contributed by atoms with Crippen molar-refractivity contribution in [3.63, 3.8) is 0 Å². The highest BCUT2D eigenvalue weighted by Crippen LogP contribution is 2.31. The Hall–Kier alpha value is -1.60. The molecular weight excluding hydrogens is 391 g/mol. The third kappa shape index (κ3) is 3.47. The normalized spacial score (nSPS) is 17.3. The van der Waals surface area contributed by atoms with Gasteiger partial charge < -0.3 is 10.6 Å². The number of nitrogens with zero attached hydrogens (tertiary/aromatic N) is 3. The average Bonchev–Trinajstić information content (AvgIpc) is 3.16. The van der Waals surface area contributed by atoms with Gasteiger partial charge in [-0.2, -0.15) is 5.10 Å². The second-order valence-electron chi connectivity index (χ2n) is 6.46. The van der Waals surface area contributed by atoms with Gasteiger partial charge in [-0.25, -0.2) is 4.68 Å². The lowest BCUT2D eigenvalue weighted by Crippen LogP contribution is -2.45. The maximum Gasteiger partial charge on any atom is 0.264 e. The quantitative estimate of drug-likeness (QED) is 0.693. The van der Waals surface area contributed by atoms with Gasteiger partial charge in [-0.15, -0.1) is 23.7 Å². The number of hydrogen-bond acceptors (Lipinski definition) is 4. The summed E-state index contributed by atoms with van der Waals surface area (Å²) in [6.07, 6.45) is 1.95. The van der Waals surface area contributed by atoms with E-state index in [0.717, 1.165) is 45.9 Å². The number of amides is 1. The van der Waals surface area contributed by atoms with Crippen LogP contribution in [0, 0.1) is 6.92 Å². The molecule has 0 saturated carbocycles. The highest BCUT2D eigenvalue weighted by Gasteiger charge is 2.25. The Morgan fingerprint density at radius 3 is 2.77 bits per heavy atom. The molecule has 138 valence electrons. The summed E-state index contributed by atoms with van der Waals surface area (Å²) in [5, 5.41) is 6.32. The molecule has 3 aromatic rings. The molecule has 5 nitrogen and oxygen atoms in total. The molecule has 4 rings (SSSR count). The fourth-order valence-electron chi connectivity index (χ4n) is 3.26. The average molecular weight is 411 g/mol. The number of piperidine rings is 1. The lowest BCUT2D eigenvalue weighted by molar-refractivity contribution is 0.0714. The van der Waals surface area contributed by atoms with Crippen molar-refractivity contribution in [2.45, 2.75) is 25.8 Å². The van der Waals surface area contributed by atoms with E-state index in [0.29, 0.717) is 11.6 Å². The molecule has 2 N–H and O–H groups in total. The van der Waals surface area contributed by atoms with Gasteiger partial charge in [0, 0.05) is 29.5 Å². The van der Waals surface area contributed by atoms with Crippen LogP contribution >= 0.6 is 35.3 Å². The summed E-state index contributed by atoms with van der Waals surface area (Å²) in [5.41, 5.74) is 7.86. The van der Waals surface area contributed by atoms with Crippen LogP contribution in [0.1, 0.15) is 28.2 Å². The van der Waals surface area contributed by atoms with Crippen molar-refractivity contribution in [2.75, 3.05) is 13.1 Å². The molecule has 8 heteroatoms. The number of halogens is 2. The van der Waals surface area contributed by atoms with Crippen molar-refractivity contribution in [1.29, 1.82) is 0 Å². The lowest BCUT2D eigenvalue weighted by Gasteiger charge is -2.30. The lowest BCUT2D eigenvalue weighted by atomic mass is 10.1. The third-order valence-electron chi connectivity index (χ3n) is 4.57. The van der Waals surface area contributed by atoms with E-state index in [2.05, 4.69) is 5.10 Å². The highest BCUT2D eigenvalue weighted by atomic mass is 35.5. The van der Waals surface area contributed by atoms with E-state index < -0.39 is 0 Å². The van der Waals surface area contributed by atoms with Gasteiger partial charge >= 0.3 is 0 Å². The van der Waals surface area contributed by atoms with Crippen molar-refractivity contribution in [3.05, 3.63) is 45.9 Å². The van der Waals surface area contributed by atoms with Crippen molar-refractivity contribution < 1.29 is 4.79 Å². The molecule has 0 aliphatic carbocycles. The molecule has 0 spiro atoms. The summed E-state index contributed by atoms with van der Waals surface area (Å²) in [7, 11) is 0. The van der Waals surface area contributed by atoms with Gasteiger partial charge in [-0.05, 0) is 50.1 Å². The van der Waals surface area contributed by atoms with Gasteiger partial charge in [0.15, 0.2) is 0 Å². The van der Waals surface area contributed by atoms with Gasteiger partial charge in [0.1, 0.15) is 4.83 Å². The van der Waals surface area contributed by atoms with E-state index in [4.69, 9.17) is 17.3 Å². The van der Waals surface area contributed by atoms with Crippen LogP contribution in [-0.4, -0.2) is 39.7 Å². The first-order valence-corrected chi connectivity index (χ1v) is 9.52. The number of aromatic nitrogens is 2. The number of fused-ring (bicyclic) bond motifs is 1. The van der Waals surface area contributed by atoms with Gasteiger partial charge in [0.2, 0.25) is 0 Å². The van der Waals surface area contributed by atoms with Gasteiger partial charge in [0.25, 0.3) is 5.91 Å². The summed E-state index contributed by atoms with van der Waals surface area (Å²) in [6.45, 7) is 3.38. The number of thiophene rings is 1. The van der Waals surface area contributed by atoms with E-state index in [-0.39, 0.29) is 24.4 Å². The standard InChI is InChI=1S/C18H19ClN4OS.ClH/c1-11-15-9-16(17(24)22-8-2-3-13(20)10-22)25-18(15)23(21-11)14-6-4-12(19)5-7-14;/h4-7,9,13H,2-3,8,10,20H2,1H3;1H. The largest absolute Gasteiger partial charge is 0.336 e. The molecule has 0 bridgehead atoms. The molecule has 3 heterocycles. The molecule has 1 aliphatic rings. The van der Waals surface area contributed by atoms with Crippen molar-refractivity contribution in [3.8, 4) is 5.69 Å². The predicted octanol–water partition coefficient (Wildman–Crippen LogP) is 4.03. The van der Waals surface area contributed by atoms with Crippen molar-refractivity contribution in [2.24, 2.45) is 5.73 Å². The van der Waals surface area contributed by atoms with Gasteiger partial charge in [-0.3, -0.25) is 4.79 Å². The van der Waals surface area contributed by atoms with Crippen LogP contribution < -0.4 is 5.73 Å². The van der Waals surface area contributed by atoms with E-state index in [1.54, 1.807) is 0 Å². The fraction of sp³-hybridized carbons (Fsp3) is 0.333. The van der Waals surface area contributed by atoms with Crippen LogP contribution in [0.15, 0.2) is 30.3 Å². The molecular formula is C18H20Cl2N4OS. The minimum Gasteiger partial charge on any atom is -0.336 e. The minimum absolute atomic E-state index is 0. The third-order valence-corrected chi connectivity index (χ3v) is 5.92. The molecule has 26 heavy (non-hydrogen) atoms. The van der Waals surface area contributed by atoms with Crippen LogP contribution in [0.25, 0.3) is 15.9 Å². The Balaban J connectivity index is 0.00000196. The summed E-state index contributed by atoms with van der Waals surface area (Å²) < 4.78 is 1.88. The van der Waals surface area contributed by atoms with Crippen LogP contribution in [0.5, 0.6) is 0 Å². The monoisotopic (exact) mass is 410 g/mol. The van der Waals surface area contributed by atoms with E-state index >= 15 is 0 Å². The molecule has 1 aliphatic heterocycles. The summed E-state index contributed by atoms with van der Waals surface area (Å²) in [6, 6.07) is 9.58. The number of aryl methyl sites for hydroxylation is 1. The van der Waals surface area contributed by atoms with Crippen molar-refractivity contribution >= 4 is 51.5 Å². The van der Waals surface area contributed by atoms with Crippen LogP contribution in [0.4, 0.5) is 0 Å². The smallest absolute Gasteiger partial charge is 0.264 e. The molecule has 1 atom stereocenters. The van der Waals surface area contributed by atoms with Gasteiger partial charge in [0.05, 0.1) is 16.3 Å². The predicted molar refractivity (Wildman–Crippen MR) is 109 cm³/mol. The van der Waals surface area contributed by atoms with Crippen molar-refractivity contribution in [1.82, 2.24) is 14.7 Å². The Morgan fingerprint density at radius 2 is 2.08 bits per heavy atom. The van der Waals surface area contributed by atoms with Crippen LogP contribution in [0.3, 0.4) is 0 Å². The number of benzene rings is 1. The van der Waals surface area contributed by atoms with Gasteiger partial charge in [-0.1, -0.05) is 11.6 Å². The fourth-order valence-corrected chi connectivity index (χ4v) is 4.54. The molecule has 1 unspecified atom stereocenters. The first-order chi connectivity index (χ1) is 12.0. The molecule has 0 radical (unpaired) electrons. The van der Waals surface area contributed by atoms with Crippen LogP contribution in [-0.2, 0) is 0 Å². The second-order valence-corrected chi connectivity index (χ2v) is 7.92. The Labute approximate surface area is 167 Å². The number of carbonyl (C=O) groups is 1. The van der Waals surface area contributed by atoms with E-state index in [1.807, 2.05) is 46.8 Å². The van der Waals surface area contributed by atoms with Crippen LogP contribution in [0.2, 0.25) is 5.02 Å². The summed E-state index contributed by atoms with van der Waals surface area (Å²) in [4.78, 5) is 16.4. The molecule has 2 aromatic heterocycles. The Morgan fingerprint density at radius 1 is 1.35 bits per heavy atom. The summed E-state index contributed by atoms with van der Waals surface area (Å²) in [5.74, 6) is 0.0680. The number of hydrogen-bond donors (Lipinski definition) is 1. The Kier molecular flexibility index (Phi) is 5.58. The number of likely N-dealkylation sites (tertiary alicyclic amines) is 1. The van der Waals surface area contributed by atoms with E-state index in [1.165, 1.54) is 11.3 Å². The SMILES string of the molecule is Cc1nn(-c2ccc(Cl)cc2)c2sc(C(=O)N3CCCC(N)C3)cc12.Cl. The highest BCUT2D eigenvalue weighted by molar-refractivity contribution is 7.20. The zero-order valence-electron chi connectivity index (χ0n) is 14.3. The summed E-state index contributed by atoms with van der Waals surface area (Å²) >= 11 is 7.46. The molecule has 1 amide bonds. The zero-order valence-corrected chi connectivity index (χ0v) is 16.7. The topological polar surface area (TPSA) is 64.2 Å². The molecule has 1 saturated heterocycles. The molecule has 1 aromatic carbocycles. The van der Waals surface area contributed by atoms with E-state index in [9.17, 15) is 4.79 Å². The second kappa shape index (κ2) is 7.56. The minimum atomic E-state index is 0. The first kappa shape index (κ1) is 19.2. The number of rotatable bonds is 2. The zero-order chi connectivity index (χ0) is 17.6. The first-order valence-electron chi connectivity index (χ1n) is 8.33. The maximum atomic E-state index is 12.9. The number of nitrogens with two attached hydrogens (primary N) is 1. The maximum absolute atomic E-state index is 12.9. The number of carbonyl (C=O) groups excluding carboxylic acids is 1. The molecule has 1 fully saturated rings. The Bertz CT molecular complexity index is 935.